The second-order valence-electron chi connectivity index (χ2n) is 6.36. The van der Waals surface area contributed by atoms with Gasteiger partial charge in [0.1, 0.15) is 10.7 Å². The number of nitrogens with zero attached hydrogens (tertiary/aromatic N) is 2. The summed E-state index contributed by atoms with van der Waals surface area (Å²) < 4.78 is 42.3. The molecule has 0 aliphatic heterocycles. The third-order valence-electron chi connectivity index (χ3n) is 4.27. The molecule has 1 aromatic carbocycles. The number of pyridine rings is 1. The van der Waals surface area contributed by atoms with E-state index < -0.39 is 15.8 Å². The minimum Gasteiger partial charge on any atom is -0.358 e. The number of carbonyl (C=O) groups excluding carboxylic acids is 1. The van der Waals surface area contributed by atoms with Crippen molar-refractivity contribution in [2.75, 3.05) is 19.8 Å². The number of hydrogen-bond acceptors (Lipinski definition) is 6. The fourth-order valence-electron chi connectivity index (χ4n) is 2.82. The lowest BCUT2D eigenvalue weighted by atomic mass is 10.1. The van der Waals surface area contributed by atoms with Crippen molar-refractivity contribution < 1.29 is 17.6 Å². The first kappa shape index (κ1) is 24.9. The summed E-state index contributed by atoms with van der Waals surface area (Å²) in [5.41, 5.74) is 1.10. The Bertz CT molecular complexity index is 1170. The molecule has 3 rings (SSSR count). The highest BCUT2D eigenvalue weighted by Gasteiger charge is 2.24. The van der Waals surface area contributed by atoms with Crippen LogP contribution in [0.5, 0.6) is 0 Å². The summed E-state index contributed by atoms with van der Waals surface area (Å²) in [6, 6.07) is 9.12. The largest absolute Gasteiger partial charge is 0.358 e. The van der Waals surface area contributed by atoms with Gasteiger partial charge in [-0.3, -0.25) is 9.78 Å². The van der Waals surface area contributed by atoms with Crippen LogP contribution in [0.2, 0.25) is 0 Å². The molecular formula is C20H22ClFN4O3S2. The topological polar surface area (TPSA) is 93.1 Å². The van der Waals surface area contributed by atoms with Gasteiger partial charge in [0, 0.05) is 42.6 Å². The van der Waals surface area contributed by atoms with Crippen LogP contribution in [-0.2, 0) is 21.4 Å². The van der Waals surface area contributed by atoms with E-state index in [-0.39, 0.29) is 40.2 Å². The molecule has 0 bridgehead atoms. The van der Waals surface area contributed by atoms with Gasteiger partial charge in [-0.1, -0.05) is 12.1 Å². The summed E-state index contributed by atoms with van der Waals surface area (Å²) in [5, 5.41) is 5.48. The highest BCUT2D eigenvalue weighted by molar-refractivity contribution is 8.00. The van der Waals surface area contributed by atoms with Crippen molar-refractivity contribution in [1.29, 1.82) is 0 Å². The first-order valence-electron chi connectivity index (χ1n) is 9.01. The maximum Gasteiger partial charge on any atom is 0.269 e. The van der Waals surface area contributed by atoms with E-state index in [0.29, 0.717) is 17.0 Å². The molecular weight excluding hydrogens is 463 g/mol. The van der Waals surface area contributed by atoms with Crippen molar-refractivity contribution in [2.24, 2.45) is 0 Å². The minimum absolute atomic E-state index is 0. The lowest BCUT2D eigenvalue weighted by Gasteiger charge is -2.12. The van der Waals surface area contributed by atoms with E-state index >= 15 is 0 Å². The number of halogens is 2. The van der Waals surface area contributed by atoms with Gasteiger partial charge < -0.3 is 10.6 Å². The molecule has 0 saturated carbocycles. The molecule has 2 N–H and O–H groups in total. The molecule has 2 heterocycles. The summed E-state index contributed by atoms with van der Waals surface area (Å²) in [6.07, 6.45) is 4.20. The lowest BCUT2D eigenvalue weighted by Crippen LogP contribution is -2.19. The van der Waals surface area contributed by atoms with Crippen molar-refractivity contribution >= 4 is 40.1 Å². The number of nitrogens with one attached hydrogen (secondary N) is 2. The molecule has 2 aromatic heterocycles. The molecule has 1 amide bonds. The van der Waals surface area contributed by atoms with Crippen LogP contribution in [0.25, 0.3) is 11.3 Å². The molecule has 3 aromatic rings. The van der Waals surface area contributed by atoms with Gasteiger partial charge in [-0.25, -0.2) is 16.8 Å². The van der Waals surface area contributed by atoms with Crippen LogP contribution < -0.4 is 10.6 Å². The Morgan fingerprint density at radius 3 is 2.61 bits per heavy atom. The van der Waals surface area contributed by atoms with Crippen molar-refractivity contribution in [3.63, 3.8) is 0 Å². The Hall–Kier alpha value is -2.40. The quantitative estimate of drug-likeness (QED) is 0.477. The van der Waals surface area contributed by atoms with E-state index in [2.05, 4.69) is 15.6 Å². The SMILES string of the molecule is CNCc1cc(-c2ccccc2F)n(S(=O)(=O)c2cncc(SCC(=O)NC)c2)c1.Cl. The van der Waals surface area contributed by atoms with Gasteiger partial charge in [-0.2, -0.15) is 0 Å². The van der Waals surface area contributed by atoms with E-state index in [1.807, 2.05) is 0 Å². The fourth-order valence-corrected chi connectivity index (χ4v) is 5.06. The molecule has 31 heavy (non-hydrogen) atoms. The lowest BCUT2D eigenvalue weighted by molar-refractivity contribution is -0.118. The highest BCUT2D eigenvalue weighted by Crippen LogP contribution is 2.30. The Morgan fingerprint density at radius 2 is 1.94 bits per heavy atom. The van der Waals surface area contributed by atoms with Crippen LogP contribution in [0.1, 0.15) is 5.56 Å². The van der Waals surface area contributed by atoms with Crippen LogP contribution in [0.15, 0.2) is 64.8 Å². The van der Waals surface area contributed by atoms with Crippen LogP contribution >= 0.6 is 24.2 Å². The zero-order valence-electron chi connectivity index (χ0n) is 16.8. The van der Waals surface area contributed by atoms with Gasteiger partial charge in [-0.05, 0) is 36.9 Å². The van der Waals surface area contributed by atoms with E-state index in [1.165, 1.54) is 55.6 Å². The third kappa shape index (κ3) is 5.65. The average molecular weight is 485 g/mol. The number of aromatic nitrogens is 2. The first-order chi connectivity index (χ1) is 14.4. The van der Waals surface area contributed by atoms with Gasteiger partial charge in [0.25, 0.3) is 10.0 Å². The van der Waals surface area contributed by atoms with Crippen molar-refractivity contribution in [3.05, 3.63) is 66.4 Å². The molecule has 0 atom stereocenters. The molecule has 11 heteroatoms. The normalized spacial score (nSPS) is 11.1. The molecule has 0 aliphatic carbocycles. The summed E-state index contributed by atoms with van der Waals surface area (Å²) in [4.78, 5) is 16.0. The van der Waals surface area contributed by atoms with Gasteiger partial charge >= 0.3 is 0 Å². The van der Waals surface area contributed by atoms with Crippen LogP contribution in [-0.4, -0.2) is 43.1 Å². The Balaban J connectivity index is 0.00000341. The Kier molecular flexibility index (Phi) is 8.63. The third-order valence-corrected chi connectivity index (χ3v) is 6.87. The van der Waals surface area contributed by atoms with Crippen molar-refractivity contribution in [2.45, 2.75) is 16.3 Å². The smallest absolute Gasteiger partial charge is 0.269 e. The zero-order valence-corrected chi connectivity index (χ0v) is 19.3. The van der Waals surface area contributed by atoms with E-state index in [1.54, 1.807) is 25.2 Å². The number of rotatable bonds is 8. The van der Waals surface area contributed by atoms with E-state index in [4.69, 9.17) is 0 Å². The Labute approximate surface area is 190 Å². The zero-order chi connectivity index (χ0) is 21.7. The highest BCUT2D eigenvalue weighted by atomic mass is 35.5. The predicted octanol–water partition coefficient (Wildman–Crippen LogP) is 2.91. The molecule has 0 radical (unpaired) electrons. The molecule has 0 fully saturated rings. The fraction of sp³-hybridized carbons (Fsp3) is 0.200. The number of hydrogen-bond donors (Lipinski definition) is 2. The molecule has 0 unspecified atom stereocenters. The standard InChI is InChI=1S/C20H21FN4O3S2.ClH/c1-22-9-14-7-19(17-5-3-4-6-18(17)21)25(12-14)30(27,28)16-8-15(10-24-11-16)29-13-20(26)23-2;/h3-8,10-12,22H,9,13H2,1-2H3,(H,23,26);1H. The van der Waals surface area contributed by atoms with Gasteiger partial charge in [0.05, 0.1) is 11.4 Å². The first-order valence-corrected chi connectivity index (χ1v) is 11.4. The second-order valence-corrected chi connectivity index (χ2v) is 9.23. The molecule has 0 spiro atoms. The van der Waals surface area contributed by atoms with E-state index in [9.17, 15) is 17.6 Å². The average Bonchev–Trinajstić information content (AvgIpc) is 3.17. The summed E-state index contributed by atoms with van der Waals surface area (Å²) in [6.45, 7) is 0.421. The molecule has 166 valence electrons. The number of thioether (sulfide) groups is 1. The maximum absolute atomic E-state index is 14.4. The molecule has 0 aliphatic rings. The molecule has 0 saturated heterocycles. The maximum atomic E-state index is 14.4. The number of carbonyl (C=O) groups is 1. The summed E-state index contributed by atoms with van der Waals surface area (Å²) >= 11 is 1.18. The summed E-state index contributed by atoms with van der Waals surface area (Å²) in [5.74, 6) is -0.564. The number of benzene rings is 1. The van der Waals surface area contributed by atoms with Gasteiger partial charge in [0.15, 0.2) is 0 Å². The Morgan fingerprint density at radius 1 is 1.19 bits per heavy atom. The van der Waals surface area contributed by atoms with Crippen LogP contribution in [0, 0.1) is 5.82 Å². The van der Waals surface area contributed by atoms with Crippen molar-refractivity contribution in [3.8, 4) is 11.3 Å². The predicted molar refractivity (Wildman–Crippen MR) is 121 cm³/mol. The van der Waals surface area contributed by atoms with Crippen LogP contribution in [0.4, 0.5) is 4.39 Å². The monoisotopic (exact) mass is 484 g/mol. The number of amides is 1. The summed E-state index contributed by atoms with van der Waals surface area (Å²) in [7, 11) is -0.782. The minimum atomic E-state index is -4.05. The second kappa shape index (κ2) is 10.8. The van der Waals surface area contributed by atoms with E-state index in [0.717, 1.165) is 3.97 Å². The van der Waals surface area contributed by atoms with Crippen LogP contribution in [0.3, 0.4) is 0 Å². The van der Waals surface area contributed by atoms with Gasteiger partial charge in [-0.15, -0.1) is 24.2 Å². The molecule has 7 nitrogen and oxygen atoms in total. The van der Waals surface area contributed by atoms with Crippen molar-refractivity contribution in [1.82, 2.24) is 19.6 Å². The van der Waals surface area contributed by atoms with Gasteiger partial charge in [0.2, 0.25) is 5.91 Å².